The van der Waals surface area contributed by atoms with Crippen LogP contribution < -0.4 is 5.32 Å². The summed E-state index contributed by atoms with van der Waals surface area (Å²) in [6, 6.07) is -0.986. The van der Waals surface area contributed by atoms with Crippen molar-refractivity contribution >= 4 is 12.0 Å². The second-order valence-corrected chi connectivity index (χ2v) is 5.32. The van der Waals surface area contributed by atoms with Gasteiger partial charge in [-0.1, -0.05) is 26.7 Å². The minimum Gasteiger partial charge on any atom is -0.480 e. The number of likely N-dealkylation sites (tertiary alicyclic amines) is 1. The van der Waals surface area contributed by atoms with Crippen LogP contribution in [0.25, 0.3) is 0 Å². The molecule has 1 unspecified atom stereocenters. The Balaban J connectivity index is 2.49. The van der Waals surface area contributed by atoms with Crippen LogP contribution in [0.3, 0.4) is 0 Å². The van der Waals surface area contributed by atoms with Crippen molar-refractivity contribution in [3.05, 3.63) is 0 Å². The molecule has 1 fully saturated rings. The lowest BCUT2D eigenvalue weighted by atomic mass is 9.98. The fourth-order valence-corrected chi connectivity index (χ4v) is 2.56. The van der Waals surface area contributed by atoms with Crippen LogP contribution in [0, 0.1) is 5.92 Å². The lowest BCUT2D eigenvalue weighted by molar-refractivity contribution is -0.139. The van der Waals surface area contributed by atoms with Crippen LogP contribution in [0.15, 0.2) is 0 Å². The molecule has 5 heteroatoms. The number of nitrogens with one attached hydrogen (secondary N) is 1. The minimum atomic E-state index is -0.948. The van der Waals surface area contributed by atoms with Gasteiger partial charge in [-0.25, -0.2) is 9.59 Å². The molecule has 0 saturated carbocycles. The monoisotopic (exact) mass is 270 g/mol. The van der Waals surface area contributed by atoms with Crippen molar-refractivity contribution in [2.45, 2.75) is 58.4 Å². The van der Waals surface area contributed by atoms with Crippen LogP contribution in [0.2, 0.25) is 0 Å². The zero-order valence-electron chi connectivity index (χ0n) is 12.0. The van der Waals surface area contributed by atoms with Gasteiger partial charge in [-0.2, -0.15) is 0 Å². The lowest BCUT2D eigenvalue weighted by Crippen LogP contribution is -2.48. The molecule has 19 heavy (non-hydrogen) atoms. The second-order valence-electron chi connectivity index (χ2n) is 5.32. The summed E-state index contributed by atoms with van der Waals surface area (Å²) in [5, 5.41) is 11.7. The lowest BCUT2D eigenvalue weighted by Gasteiger charge is -2.23. The van der Waals surface area contributed by atoms with Gasteiger partial charge in [0.1, 0.15) is 6.04 Å². The summed E-state index contributed by atoms with van der Waals surface area (Å²) in [4.78, 5) is 24.9. The maximum atomic E-state index is 12.1. The molecule has 0 aromatic carbocycles. The van der Waals surface area contributed by atoms with Gasteiger partial charge in [0.2, 0.25) is 0 Å². The van der Waals surface area contributed by atoms with Gasteiger partial charge in [-0.05, 0) is 31.6 Å². The van der Waals surface area contributed by atoms with Gasteiger partial charge in [0.15, 0.2) is 0 Å². The Labute approximate surface area is 115 Å². The van der Waals surface area contributed by atoms with Crippen LogP contribution in [0.1, 0.15) is 52.4 Å². The molecule has 0 spiro atoms. The molecule has 0 aliphatic carbocycles. The van der Waals surface area contributed by atoms with Gasteiger partial charge in [-0.3, -0.25) is 0 Å². The topological polar surface area (TPSA) is 69.6 Å². The van der Waals surface area contributed by atoms with E-state index in [1.165, 1.54) is 0 Å². The Kier molecular flexibility index (Phi) is 6.67. The van der Waals surface area contributed by atoms with Crippen LogP contribution in [-0.2, 0) is 4.79 Å². The summed E-state index contributed by atoms with van der Waals surface area (Å²) >= 11 is 0. The van der Waals surface area contributed by atoms with Crippen LogP contribution >= 0.6 is 0 Å². The van der Waals surface area contributed by atoms with E-state index in [1.807, 2.05) is 6.92 Å². The Morgan fingerprint density at radius 3 is 2.63 bits per heavy atom. The highest BCUT2D eigenvalue weighted by molar-refractivity contribution is 5.82. The van der Waals surface area contributed by atoms with Crippen molar-refractivity contribution in [1.82, 2.24) is 10.2 Å². The zero-order chi connectivity index (χ0) is 14.3. The smallest absolute Gasteiger partial charge is 0.326 e. The summed E-state index contributed by atoms with van der Waals surface area (Å²) in [6.45, 7) is 5.57. The van der Waals surface area contributed by atoms with E-state index in [4.69, 9.17) is 5.11 Å². The van der Waals surface area contributed by atoms with E-state index < -0.39 is 12.0 Å². The van der Waals surface area contributed by atoms with E-state index in [0.29, 0.717) is 12.3 Å². The van der Waals surface area contributed by atoms with Crippen molar-refractivity contribution < 1.29 is 14.7 Å². The molecule has 1 saturated heterocycles. The molecule has 0 bridgehead atoms. The number of aliphatic carboxylic acids is 1. The Morgan fingerprint density at radius 2 is 2.05 bits per heavy atom. The Hall–Kier alpha value is -1.26. The predicted molar refractivity (Wildman–Crippen MR) is 74.1 cm³/mol. The Bertz CT molecular complexity index is 307. The minimum absolute atomic E-state index is 0.224. The van der Waals surface area contributed by atoms with Gasteiger partial charge >= 0.3 is 12.0 Å². The Morgan fingerprint density at radius 1 is 1.32 bits per heavy atom. The average Bonchev–Trinajstić information content (AvgIpc) is 2.63. The number of carboxylic acid groups (broad SMARTS) is 1. The number of hydrogen-bond acceptors (Lipinski definition) is 2. The molecular formula is C14H26N2O3. The number of urea groups is 1. The summed E-state index contributed by atoms with van der Waals surface area (Å²) in [5.41, 5.74) is 0. The first-order valence-corrected chi connectivity index (χ1v) is 7.36. The van der Waals surface area contributed by atoms with Crippen LogP contribution in [0.5, 0.6) is 0 Å². The number of carbonyl (C=O) groups is 2. The van der Waals surface area contributed by atoms with E-state index >= 15 is 0 Å². The van der Waals surface area contributed by atoms with E-state index in [0.717, 1.165) is 45.2 Å². The van der Waals surface area contributed by atoms with Gasteiger partial charge in [0.05, 0.1) is 0 Å². The quantitative estimate of drug-likeness (QED) is 0.806. The fraction of sp³-hybridized carbons (Fsp3) is 0.857. The molecule has 0 aromatic heterocycles. The maximum absolute atomic E-state index is 12.1. The molecule has 0 aromatic rings. The van der Waals surface area contributed by atoms with Gasteiger partial charge in [0, 0.05) is 13.1 Å². The van der Waals surface area contributed by atoms with E-state index in [2.05, 4.69) is 12.2 Å². The molecule has 1 heterocycles. The van der Waals surface area contributed by atoms with E-state index in [-0.39, 0.29) is 6.03 Å². The standard InChI is InChI=1S/C14H26N2O3/c1-3-6-12(13(17)18)15-14(19)16-9-5-7-11(4-2)8-10-16/h11-12H,3-10H2,1-2H3,(H,15,19)(H,17,18)/t11?,12-/m0/s1. The maximum Gasteiger partial charge on any atom is 0.326 e. The molecule has 2 N–H and O–H groups in total. The number of rotatable bonds is 5. The number of nitrogens with zero attached hydrogens (tertiary/aromatic N) is 1. The molecule has 2 atom stereocenters. The zero-order valence-corrected chi connectivity index (χ0v) is 12.0. The first-order valence-electron chi connectivity index (χ1n) is 7.36. The fourth-order valence-electron chi connectivity index (χ4n) is 2.56. The highest BCUT2D eigenvalue weighted by Crippen LogP contribution is 2.20. The molecule has 1 rings (SSSR count). The van der Waals surface area contributed by atoms with Crippen LogP contribution in [0.4, 0.5) is 4.79 Å². The molecule has 110 valence electrons. The van der Waals surface area contributed by atoms with Crippen molar-refractivity contribution in [1.29, 1.82) is 0 Å². The average molecular weight is 270 g/mol. The predicted octanol–water partition coefficient (Wildman–Crippen LogP) is 2.46. The molecule has 5 nitrogen and oxygen atoms in total. The van der Waals surface area contributed by atoms with Crippen molar-refractivity contribution in [3.63, 3.8) is 0 Å². The first-order chi connectivity index (χ1) is 9.08. The van der Waals surface area contributed by atoms with Gasteiger partial charge in [0.25, 0.3) is 0 Å². The number of carbonyl (C=O) groups excluding carboxylic acids is 1. The molecule has 1 aliphatic rings. The molecule has 2 amide bonds. The van der Waals surface area contributed by atoms with E-state index in [9.17, 15) is 9.59 Å². The summed E-state index contributed by atoms with van der Waals surface area (Å²) in [6.07, 6.45) is 5.58. The van der Waals surface area contributed by atoms with Gasteiger partial charge in [-0.15, -0.1) is 0 Å². The summed E-state index contributed by atoms with van der Waals surface area (Å²) in [5.74, 6) is -0.250. The van der Waals surface area contributed by atoms with Gasteiger partial charge < -0.3 is 15.3 Å². The largest absolute Gasteiger partial charge is 0.480 e. The molecule has 0 radical (unpaired) electrons. The molecule has 1 aliphatic heterocycles. The number of hydrogen-bond donors (Lipinski definition) is 2. The highest BCUT2D eigenvalue weighted by Gasteiger charge is 2.24. The van der Waals surface area contributed by atoms with Crippen molar-refractivity contribution in [2.75, 3.05) is 13.1 Å². The number of amides is 2. The summed E-state index contributed by atoms with van der Waals surface area (Å²) in [7, 11) is 0. The summed E-state index contributed by atoms with van der Waals surface area (Å²) < 4.78 is 0. The third-order valence-corrected chi connectivity index (χ3v) is 3.89. The van der Waals surface area contributed by atoms with Crippen molar-refractivity contribution in [3.8, 4) is 0 Å². The normalized spacial score (nSPS) is 21.6. The third kappa shape index (κ3) is 5.09. The van der Waals surface area contributed by atoms with Crippen molar-refractivity contribution in [2.24, 2.45) is 5.92 Å². The number of carboxylic acids is 1. The highest BCUT2D eigenvalue weighted by atomic mass is 16.4. The molecular weight excluding hydrogens is 244 g/mol. The van der Waals surface area contributed by atoms with E-state index in [1.54, 1.807) is 4.90 Å². The first kappa shape index (κ1) is 15.8. The second kappa shape index (κ2) is 8.02. The third-order valence-electron chi connectivity index (χ3n) is 3.89. The van der Waals surface area contributed by atoms with Crippen LogP contribution in [-0.4, -0.2) is 41.1 Å². The SMILES string of the molecule is CCC[C@H](NC(=O)N1CCCC(CC)CC1)C(=O)O.